The zero-order chi connectivity index (χ0) is 29.5. The molecule has 0 bridgehead atoms. The molecule has 2 N–H and O–H groups in total. The number of carbonyl (C=O) groups excluding carboxylic acids is 3. The van der Waals surface area contributed by atoms with E-state index in [0.717, 1.165) is 64.4 Å². The number of hydrogen-bond acceptors (Lipinski definition) is 5. The predicted octanol–water partition coefficient (Wildman–Crippen LogP) is 6.43. The lowest BCUT2D eigenvalue weighted by atomic mass is 9.95. The van der Waals surface area contributed by atoms with E-state index < -0.39 is 11.8 Å². The molecule has 1 saturated heterocycles. The Morgan fingerprint density at radius 3 is 2.45 bits per heavy atom. The van der Waals surface area contributed by atoms with Crippen LogP contribution in [-0.2, 0) is 22.4 Å². The molecule has 2 aromatic carbocycles. The van der Waals surface area contributed by atoms with Gasteiger partial charge in [-0.3, -0.25) is 24.6 Å². The van der Waals surface area contributed by atoms with Crippen LogP contribution in [0.3, 0.4) is 0 Å². The summed E-state index contributed by atoms with van der Waals surface area (Å²) in [6.45, 7) is 5.94. The lowest BCUT2D eigenvalue weighted by Gasteiger charge is -2.28. The first-order valence-corrected chi connectivity index (χ1v) is 15.1. The number of para-hydroxylation sites is 1. The number of hydrogen-bond donors (Lipinski definition) is 2. The highest BCUT2D eigenvalue weighted by Crippen LogP contribution is 2.39. The fraction of sp³-hybridized carbons (Fsp3) is 0.212. The second-order valence-corrected chi connectivity index (χ2v) is 12.1. The molecule has 2 aromatic heterocycles. The Balaban J connectivity index is 1.41. The minimum Gasteiger partial charge on any atom is -0.322 e. The Labute approximate surface area is 253 Å². The lowest BCUT2D eigenvalue weighted by molar-refractivity contribution is -0.122. The highest BCUT2D eigenvalue weighted by atomic mass is 32.1. The van der Waals surface area contributed by atoms with Crippen LogP contribution in [0.2, 0.25) is 0 Å². The first-order chi connectivity index (χ1) is 20.2. The van der Waals surface area contributed by atoms with Gasteiger partial charge < -0.3 is 9.88 Å². The molecule has 4 aromatic rings. The quantitative estimate of drug-likeness (QED) is 0.159. The first-order valence-electron chi connectivity index (χ1n) is 13.9. The molecule has 7 nitrogen and oxygen atoms in total. The molecule has 212 valence electrons. The number of nitrogens with one attached hydrogen (secondary N) is 2. The summed E-state index contributed by atoms with van der Waals surface area (Å²) in [5, 5.41) is 6.67. The molecular weight excluding hydrogens is 565 g/mol. The van der Waals surface area contributed by atoms with Crippen molar-refractivity contribution in [2.45, 2.75) is 46.5 Å². The van der Waals surface area contributed by atoms with Crippen LogP contribution in [0, 0.1) is 20.8 Å². The van der Waals surface area contributed by atoms with Crippen LogP contribution < -0.4 is 15.5 Å². The van der Waals surface area contributed by atoms with Gasteiger partial charge in [0.05, 0.1) is 11.3 Å². The Morgan fingerprint density at radius 2 is 1.71 bits per heavy atom. The van der Waals surface area contributed by atoms with Gasteiger partial charge >= 0.3 is 0 Å². The van der Waals surface area contributed by atoms with Gasteiger partial charge in [0.25, 0.3) is 17.7 Å². The molecule has 0 spiro atoms. The fourth-order valence-corrected chi connectivity index (χ4v) is 7.42. The van der Waals surface area contributed by atoms with Crippen LogP contribution in [0.25, 0.3) is 11.1 Å². The maximum absolute atomic E-state index is 13.8. The van der Waals surface area contributed by atoms with E-state index in [0.29, 0.717) is 11.3 Å². The van der Waals surface area contributed by atoms with Crippen molar-refractivity contribution in [2.24, 2.45) is 0 Å². The van der Waals surface area contributed by atoms with E-state index in [1.54, 1.807) is 29.5 Å². The van der Waals surface area contributed by atoms with Crippen LogP contribution >= 0.6 is 23.6 Å². The normalized spacial score (nSPS) is 16.0. The third-order valence-corrected chi connectivity index (χ3v) is 9.34. The number of fused-ring (bicyclic) bond motifs is 1. The van der Waals surface area contributed by atoms with Crippen molar-refractivity contribution in [3.8, 4) is 5.00 Å². The number of aromatic nitrogens is 1. The maximum Gasteiger partial charge on any atom is 0.270 e. The van der Waals surface area contributed by atoms with Crippen LogP contribution in [-0.4, -0.2) is 27.4 Å². The van der Waals surface area contributed by atoms with Gasteiger partial charge in [0, 0.05) is 22.0 Å². The number of nitrogens with zero attached hydrogens (tertiary/aromatic N) is 2. The smallest absolute Gasteiger partial charge is 0.270 e. The van der Waals surface area contributed by atoms with Gasteiger partial charge in [0.1, 0.15) is 10.6 Å². The van der Waals surface area contributed by atoms with E-state index in [4.69, 9.17) is 12.2 Å². The van der Waals surface area contributed by atoms with E-state index in [1.165, 1.54) is 9.78 Å². The van der Waals surface area contributed by atoms with Crippen molar-refractivity contribution in [2.75, 3.05) is 10.2 Å². The molecule has 42 heavy (non-hydrogen) atoms. The van der Waals surface area contributed by atoms with Crippen molar-refractivity contribution < 1.29 is 14.4 Å². The molecule has 0 radical (unpaired) electrons. The van der Waals surface area contributed by atoms with Crippen molar-refractivity contribution in [3.63, 3.8) is 0 Å². The topological polar surface area (TPSA) is 83.4 Å². The van der Waals surface area contributed by atoms with Gasteiger partial charge in [0.2, 0.25) is 0 Å². The Morgan fingerprint density at radius 1 is 1.00 bits per heavy atom. The van der Waals surface area contributed by atoms with Crippen LogP contribution in [0.4, 0.5) is 11.4 Å². The number of benzene rings is 2. The van der Waals surface area contributed by atoms with Gasteiger partial charge in [0.15, 0.2) is 5.11 Å². The minimum absolute atomic E-state index is 0.00415. The zero-order valence-electron chi connectivity index (χ0n) is 23.6. The van der Waals surface area contributed by atoms with Gasteiger partial charge in [-0.25, -0.2) is 0 Å². The van der Waals surface area contributed by atoms with Crippen molar-refractivity contribution in [1.29, 1.82) is 0 Å². The van der Waals surface area contributed by atoms with Gasteiger partial charge in [-0.15, -0.1) is 11.3 Å². The number of carbonyl (C=O) groups is 3. The number of thiophene rings is 1. The highest BCUT2D eigenvalue weighted by Gasteiger charge is 2.35. The predicted molar refractivity (Wildman–Crippen MR) is 172 cm³/mol. The summed E-state index contributed by atoms with van der Waals surface area (Å²) in [4.78, 5) is 42.9. The van der Waals surface area contributed by atoms with Crippen molar-refractivity contribution in [1.82, 2.24) is 9.88 Å². The van der Waals surface area contributed by atoms with E-state index in [1.807, 2.05) is 69.3 Å². The van der Waals surface area contributed by atoms with E-state index >= 15 is 0 Å². The molecule has 9 heteroatoms. The first kappa shape index (κ1) is 27.8. The summed E-state index contributed by atoms with van der Waals surface area (Å²) in [6, 6.07) is 18.8. The lowest BCUT2D eigenvalue weighted by Crippen LogP contribution is -2.54. The average Bonchev–Trinajstić information content (AvgIpc) is 3.48. The Hall–Kier alpha value is -4.34. The number of rotatable bonds is 5. The largest absolute Gasteiger partial charge is 0.322 e. The third kappa shape index (κ3) is 4.99. The van der Waals surface area contributed by atoms with Crippen molar-refractivity contribution >= 4 is 63.8 Å². The summed E-state index contributed by atoms with van der Waals surface area (Å²) >= 11 is 6.99. The second-order valence-electron chi connectivity index (χ2n) is 10.7. The van der Waals surface area contributed by atoms with Gasteiger partial charge in [-0.2, -0.15) is 0 Å². The summed E-state index contributed by atoms with van der Waals surface area (Å²) in [5.74, 6) is -1.15. The molecule has 0 unspecified atom stereocenters. The van der Waals surface area contributed by atoms with E-state index in [-0.39, 0.29) is 16.6 Å². The molecule has 2 aliphatic rings. The fourth-order valence-electron chi connectivity index (χ4n) is 5.64. The van der Waals surface area contributed by atoms with Gasteiger partial charge in [-0.1, -0.05) is 35.9 Å². The monoisotopic (exact) mass is 594 g/mol. The number of thiocarbonyl (C=S) groups is 1. The van der Waals surface area contributed by atoms with Crippen LogP contribution in [0.15, 0.2) is 66.2 Å². The molecule has 1 fully saturated rings. The number of anilines is 2. The molecule has 3 heterocycles. The summed E-state index contributed by atoms with van der Waals surface area (Å²) in [5.41, 5.74) is 6.73. The zero-order valence-corrected chi connectivity index (χ0v) is 25.2. The summed E-state index contributed by atoms with van der Waals surface area (Å²) in [7, 11) is 0. The Bertz CT molecular complexity index is 1780. The summed E-state index contributed by atoms with van der Waals surface area (Å²) < 4.78 is 2.07. The molecule has 0 saturated carbocycles. The molecule has 0 atom stereocenters. The second kappa shape index (κ2) is 11.2. The van der Waals surface area contributed by atoms with Crippen LogP contribution in [0.1, 0.15) is 56.2 Å². The number of amides is 3. The number of aryl methyl sites for hydroxylation is 3. The standard InChI is InChI=1S/C33H30N4O3S2/c1-19-13-15-23(16-14-19)34-30(39)28-25-11-7-8-12-27(25)42-32(28)36-20(2)17-22(21(36)3)18-26-29(38)35-33(41)37(31(26)40)24-9-5-4-6-10-24/h4-6,9-10,13-18H,7-8,11-12H2,1-3H3,(H,34,39)(H,35,38,41)/b26-18+. The SMILES string of the molecule is Cc1ccc(NC(=O)c2c(-n3c(C)cc(/C=C4\C(=O)NC(=S)N(c5ccccc5)C4=O)c3C)sc3c2CCCC3)cc1. The van der Waals surface area contributed by atoms with E-state index in [2.05, 4.69) is 15.2 Å². The molecule has 1 aliphatic heterocycles. The molecule has 6 rings (SSSR count). The molecular formula is C33H30N4O3S2. The van der Waals surface area contributed by atoms with Crippen molar-refractivity contribution in [3.05, 3.63) is 105 Å². The summed E-state index contributed by atoms with van der Waals surface area (Å²) in [6.07, 6.45) is 5.58. The highest BCUT2D eigenvalue weighted by molar-refractivity contribution is 7.80. The molecule has 3 amide bonds. The molecule has 1 aliphatic carbocycles. The Kier molecular flexibility index (Phi) is 7.38. The van der Waals surface area contributed by atoms with E-state index in [9.17, 15) is 14.4 Å². The average molecular weight is 595 g/mol. The minimum atomic E-state index is -0.535. The third-order valence-electron chi connectivity index (χ3n) is 7.78. The van der Waals surface area contributed by atoms with Gasteiger partial charge in [-0.05, 0) is 106 Å². The maximum atomic E-state index is 13.8. The van der Waals surface area contributed by atoms with Crippen LogP contribution in [0.5, 0.6) is 0 Å².